The third-order valence-corrected chi connectivity index (χ3v) is 6.01. The van der Waals surface area contributed by atoms with Crippen molar-refractivity contribution in [3.05, 3.63) is 47.5 Å². The smallest absolute Gasteiger partial charge is 0.228 e. The number of aromatic nitrogens is 2. The third kappa shape index (κ3) is 3.28. The highest BCUT2D eigenvalue weighted by atomic mass is 79.9. The summed E-state index contributed by atoms with van der Waals surface area (Å²) in [5.41, 5.74) is 0.839. The molecule has 0 spiro atoms. The number of hydrogen-bond donors (Lipinski definition) is 0. The van der Waals surface area contributed by atoms with Gasteiger partial charge in [-0.3, -0.25) is 9.59 Å². The third-order valence-electron chi connectivity index (χ3n) is 5.34. The monoisotopic (exact) mass is 416 g/mol. The van der Waals surface area contributed by atoms with E-state index < -0.39 is 0 Å². The number of carbonyl (C=O) groups excluding carboxylic acids is 2. The van der Waals surface area contributed by atoms with Crippen LogP contribution in [0.15, 0.2) is 47.5 Å². The van der Waals surface area contributed by atoms with Crippen molar-refractivity contribution < 1.29 is 9.59 Å². The van der Waals surface area contributed by atoms with E-state index in [2.05, 4.69) is 25.5 Å². The summed E-state index contributed by atoms with van der Waals surface area (Å²) in [4.78, 5) is 33.1. The van der Waals surface area contributed by atoms with Crippen LogP contribution >= 0.6 is 15.9 Å². The molecule has 0 saturated carbocycles. The molecule has 0 N–H and O–H groups in total. The van der Waals surface area contributed by atoms with Crippen molar-refractivity contribution in [3.63, 3.8) is 0 Å². The first-order chi connectivity index (χ1) is 12.6. The molecule has 136 valence electrons. The molecule has 1 unspecified atom stereocenters. The average molecular weight is 417 g/mol. The highest BCUT2D eigenvalue weighted by Crippen LogP contribution is 2.32. The number of piperidine rings is 1. The molecule has 26 heavy (non-hydrogen) atoms. The van der Waals surface area contributed by atoms with E-state index >= 15 is 0 Å². The van der Waals surface area contributed by atoms with Crippen molar-refractivity contribution in [2.75, 3.05) is 24.5 Å². The van der Waals surface area contributed by atoms with Gasteiger partial charge in [-0.05, 0) is 40.9 Å². The summed E-state index contributed by atoms with van der Waals surface area (Å²) in [5.74, 6) is -0.125. The van der Waals surface area contributed by atoms with Crippen molar-refractivity contribution >= 4 is 33.4 Å². The minimum atomic E-state index is -0.251. The number of carbonyl (C=O) groups is 2. The quantitative estimate of drug-likeness (QED) is 0.772. The molecule has 0 aliphatic carbocycles. The van der Waals surface area contributed by atoms with E-state index in [9.17, 15) is 9.59 Å². The molecular formula is C19H21BrN4O2. The van der Waals surface area contributed by atoms with Gasteiger partial charge < -0.3 is 14.4 Å². The van der Waals surface area contributed by atoms with Crippen LogP contribution in [0.5, 0.6) is 0 Å². The highest BCUT2D eigenvalue weighted by Gasteiger charge is 2.38. The minimum Gasteiger partial charge on any atom is -0.342 e. The number of likely N-dealkylation sites (tertiary alicyclic amines) is 1. The van der Waals surface area contributed by atoms with Crippen LogP contribution in [0.3, 0.4) is 0 Å². The molecule has 4 rings (SSSR count). The van der Waals surface area contributed by atoms with Crippen LogP contribution < -0.4 is 4.90 Å². The van der Waals surface area contributed by atoms with Gasteiger partial charge in [-0.1, -0.05) is 12.1 Å². The molecule has 2 saturated heterocycles. The molecule has 2 aromatic rings. The van der Waals surface area contributed by atoms with E-state index in [4.69, 9.17) is 0 Å². The zero-order valence-electron chi connectivity index (χ0n) is 14.4. The number of amides is 2. The van der Waals surface area contributed by atoms with Gasteiger partial charge in [0.05, 0.1) is 17.9 Å². The molecule has 2 amide bonds. The van der Waals surface area contributed by atoms with Gasteiger partial charge in [0, 0.05) is 49.0 Å². The number of benzene rings is 1. The van der Waals surface area contributed by atoms with E-state index in [0.29, 0.717) is 19.0 Å². The normalized spacial score (nSPS) is 21.4. The van der Waals surface area contributed by atoms with Gasteiger partial charge in [-0.15, -0.1) is 0 Å². The Hall–Kier alpha value is -2.15. The van der Waals surface area contributed by atoms with Crippen molar-refractivity contribution in [2.45, 2.75) is 25.3 Å². The van der Waals surface area contributed by atoms with E-state index in [1.807, 2.05) is 41.7 Å². The number of anilines is 1. The number of imidazole rings is 1. The molecule has 1 aromatic carbocycles. The Bertz CT molecular complexity index is 800. The van der Waals surface area contributed by atoms with Crippen molar-refractivity contribution in [3.8, 4) is 0 Å². The van der Waals surface area contributed by atoms with Crippen LogP contribution in [0.1, 0.15) is 25.3 Å². The van der Waals surface area contributed by atoms with Crippen molar-refractivity contribution in [1.82, 2.24) is 14.5 Å². The zero-order valence-corrected chi connectivity index (χ0v) is 16.0. The van der Waals surface area contributed by atoms with Crippen LogP contribution in [0.4, 0.5) is 5.69 Å². The fourth-order valence-corrected chi connectivity index (χ4v) is 4.40. The molecule has 7 heteroatoms. The van der Waals surface area contributed by atoms with Gasteiger partial charge in [0.1, 0.15) is 0 Å². The summed E-state index contributed by atoms with van der Waals surface area (Å²) in [6.45, 7) is 1.94. The first kappa shape index (κ1) is 17.3. The van der Waals surface area contributed by atoms with Crippen LogP contribution in [0.25, 0.3) is 0 Å². The second-order valence-electron chi connectivity index (χ2n) is 6.92. The number of nitrogens with zero attached hydrogens (tertiary/aromatic N) is 4. The summed E-state index contributed by atoms with van der Waals surface area (Å²) < 4.78 is 3.00. The highest BCUT2D eigenvalue weighted by molar-refractivity contribution is 9.10. The molecule has 6 nitrogen and oxygen atoms in total. The Morgan fingerprint density at radius 3 is 2.65 bits per heavy atom. The summed E-state index contributed by atoms with van der Waals surface area (Å²) in [7, 11) is 0. The average Bonchev–Trinajstić information content (AvgIpc) is 3.32. The van der Waals surface area contributed by atoms with Gasteiger partial charge in [0.2, 0.25) is 11.8 Å². The van der Waals surface area contributed by atoms with E-state index in [0.717, 1.165) is 36.1 Å². The Kier molecular flexibility index (Phi) is 4.80. The topological polar surface area (TPSA) is 58.4 Å². The lowest BCUT2D eigenvalue weighted by molar-refractivity contribution is -0.137. The van der Waals surface area contributed by atoms with Crippen LogP contribution in [0.2, 0.25) is 0 Å². The van der Waals surface area contributed by atoms with E-state index in [1.54, 1.807) is 11.1 Å². The van der Waals surface area contributed by atoms with Crippen LogP contribution in [-0.2, 0) is 9.59 Å². The molecule has 0 radical (unpaired) electrons. The molecule has 2 aliphatic rings. The Labute approximate surface area is 160 Å². The lowest BCUT2D eigenvalue weighted by atomic mass is 10.0. The standard InChI is InChI=1S/C19H21BrN4O2/c20-16-3-1-2-4-17(16)24-12-14(11-18(24)25)19(26)22-8-5-15(6-9-22)23-10-7-21-13-23/h1-4,7,10,13-15H,5-6,8-9,11-12H2. The largest absolute Gasteiger partial charge is 0.342 e. The van der Waals surface area contributed by atoms with E-state index in [-0.39, 0.29) is 17.7 Å². The Morgan fingerprint density at radius 2 is 1.96 bits per heavy atom. The first-order valence-electron chi connectivity index (χ1n) is 8.94. The summed E-state index contributed by atoms with van der Waals surface area (Å²) >= 11 is 3.50. The van der Waals surface area contributed by atoms with Gasteiger partial charge in [0.25, 0.3) is 0 Å². The Balaban J connectivity index is 1.39. The first-order valence-corrected chi connectivity index (χ1v) is 9.74. The number of halogens is 1. The van der Waals surface area contributed by atoms with Crippen LogP contribution in [0, 0.1) is 5.92 Å². The van der Waals surface area contributed by atoms with Gasteiger partial charge >= 0.3 is 0 Å². The van der Waals surface area contributed by atoms with Crippen molar-refractivity contribution in [1.29, 1.82) is 0 Å². The maximum absolute atomic E-state index is 12.9. The lowest BCUT2D eigenvalue weighted by Crippen LogP contribution is -2.42. The SMILES string of the molecule is O=C(C1CC(=O)N(c2ccccc2Br)C1)N1CCC(n2ccnc2)CC1. The van der Waals surface area contributed by atoms with Crippen molar-refractivity contribution in [2.24, 2.45) is 5.92 Å². The number of rotatable bonds is 3. The Morgan fingerprint density at radius 1 is 1.19 bits per heavy atom. The maximum Gasteiger partial charge on any atom is 0.228 e. The predicted octanol–water partition coefficient (Wildman–Crippen LogP) is 2.86. The minimum absolute atomic E-state index is 0.0172. The molecule has 3 heterocycles. The zero-order chi connectivity index (χ0) is 18.1. The summed E-state index contributed by atoms with van der Waals surface area (Å²) in [6.07, 6.45) is 7.76. The second-order valence-corrected chi connectivity index (χ2v) is 7.78. The summed E-state index contributed by atoms with van der Waals surface area (Å²) in [5, 5.41) is 0. The molecule has 1 aromatic heterocycles. The van der Waals surface area contributed by atoms with Gasteiger partial charge in [0.15, 0.2) is 0 Å². The summed E-state index contributed by atoms with van der Waals surface area (Å²) in [6, 6.07) is 8.05. The molecule has 2 fully saturated rings. The molecule has 1 atom stereocenters. The predicted molar refractivity (Wildman–Crippen MR) is 102 cm³/mol. The van der Waals surface area contributed by atoms with Gasteiger partial charge in [-0.2, -0.15) is 0 Å². The molecular weight excluding hydrogens is 396 g/mol. The number of hydrogen-bond acceptors (Lipinski definition) is 3. The van der Waals surface area contributed by atoms with Crippen LogP contribution in [-0.4, -0.2) is 45.9 Å². The van der Waals surface area contributed by atoms with Gasteiger partial charge in [-0.25, -0.2) is 4.98 Å². The number of para-hydroxylation sites is 1. The fourth-order valence-electron chi connectivity index (χ4n) is 3.90. The van der Waals surface area contributed by atoms with E-state index in [1.165, 1.54) is 0 Å². The lowest BCUT2D eigenvalue weighted by Gasteiger charge is -2.34. The molecule has 2 aliphatic heterocycles. The second kappa shape index (κ2) is 7.23. The fraction of sp³-hybridized carbons (Fsp3) is 0.421. The molecule has 0 bridgehead atoms. The maximum atomic E-state index is 12.9.